The third kappa shape index (κ3) is 2.15. The molecular formula is C9H14F3NO3. The highest BCUT2D eigenvalue weighted by atomic mass is 19.3. The monoisotopic (exact) mass is 241 g/mol. The SMILES string of the molecule is CC(O)(CC(F)(F)C(=O)OF)C1(N)CCC1. The van der Waals surface area contributed by atoms with E-state index in [1.807, 2.05) is 0 Å². The molecule has 0 bridgehead atoms. The van der Waals surface area contributed by atoms with Crippen LogP contribution in [0.4, 0.5) is 13.3 Å². The first-order valence-corrected chi connectivity index (χ1v) is 4.87. The highest BCUT2D eigenvalue weighted by Gasteiger charge is 2.56. The lowest BCUT2D eigenvalue weighted by Gasteiger charge is -2.49. The summed E-state index contributed by atoms with van der Waals surface area (Å²) in [5.74, 6) is -6.39. The summed E-state index contributed by atoms with van der Waals surface area (Å²) in [7, 11) is 0. The Hall–Kier alpha value is -0.820. The minimum atomic E-state index is -4.08. The number of carbonyl (C=O) groups excluding carboxylic acids is 1. The number of hydrogen-bond donors (Lipinski definition) is 2. The maximum atomic E-state index is 13.1. The largest absolute Gasteiger partial charge is 0.417 e. The van der Waals surface area contributed by atoms with Crippen LogP contribution in [0.25, 0.3) is 0 Å². The van der Waals surface area contributed by atoms with Gasteiger partial charge in [-0.3, -0.25) is 0 Å². The highest BCUT2D eigenvalue weighted by Crippen LogP contribution is 2.43. The zero-order valence-corrected chi connectivity index (χ0v) is 8.80. The van der Waals surface area contributed by atoms with E-state index in [2.05, 4.69) is 4.94 Å². The number of alkyl halides is 2. The smallest absolute Gasteiger partial charge is 0.388 e. The molecule has 0 aromatic carbocycles. The van der Waals surface area contributed by atoms with E-state index in [4.69, 9.17) is 5.73 Å². The van der Waals surface area contributed by atoms with E-state index in [1.165, 1.54) is 0 Å². The fraction of sp³-hybridized carbons (Fsp3) is 0.889. The Bertz CT molecular complexity index is 290. The second kappa shape index (κ2) is 3.89. The molecule has 0 saturated heterocycles. The molecule has 0 spiro atoms. The molecule has 1 aliphatic rings. The van der Waals surface area contributed by atoms with E-state index in [-0.39, 0.29) is 0 Å². The lowest BCUT2D eigenvalue weighted by atomic mass is 9.65. The van der Waals surface area contributed by atoms with Gasteiger partial charge in [0, 0.05) is 10.1 Å². The molecule has 16 heavy (non-hydrogen) atoms. The lowest BCUT2D eigenvalue weighted by molar-refractivity contribution is -0.221. The fourth-order valence-corrected chi connectivity index (χ4v) is 1.83. The number of hydrogen-bond acceptors (Lipinski definition) is 4. The lowest BCUT2D eigenvalue weighted by Crippen LogP contribution is -2.65. The van der Waals surface area contributed by atoms with Crippen molar-refractivity contribution in [2.24, 2.45) is 5.73 Å². The van der Waals surface area contributed by atoms with Crippen molar-refractivity contribution in [2.45, 2.75) is 49.7 Å². The quantitative estimate of drug-likeness (QED) is 0.772. The molecular weight excluding hydrogens is 227 g/mol. The van der Waals surface area contributed by atoms with Crippen LogP contribution >= 0.6 is 0 Å². The molecule has 7 heteroatoms. The van der Waals surface area contributed by atoms with Crippen molar-refractivity contribution in [2.75, 3.05) is 0 Å². The third-order valence-electron chi connectivity index (χ3n) is 3.25. The molecule has 0 heterocycles. The second-order valence-corrected chi connectivity index (χ2v) is 4.53. The summed E-state index contributed by atoms with van der Waals surface area (Å²) in [6, 6.07) is 0. The van der Waals surface area contributed by atoms with Crippen LogP contribution in [0.2, 0.25) is 0 Å². The summed E-state index contributed by atoms with van der Waals surface area (Å²) in [5, 5.41) is 9.84. The molecule has 4 nitrogen and oxygen atoms in total. The van der Waals surface area contributed by atoms with Crippen LogP contribution in [0.1, 0.15) is 32.6 Å². The Balaban J connectivity index is 2.75. The van der Waals surface area contributed by atoms with Crippen molar-refractivity contribution >= 4 is 5.97 Å². The molecule has 0 aromatic heterocycles. The van der Waals surface area contributed by atoms with Gasteiger partial charge in [0.05, 0.1) is 12.0 Å². The van der Waals surface area contributed by atoms with E-state index in [9.17, 15) is 23.2 Å². The van der Waals surface area contributed by atoms with Gasteiger partial charge in [-0.15, -0.1) is 0 Å². The molecule has 0 amide bonds. The molecule has 1 fully saturated rings. The van der Waals surface area contributed by atoms with E-state index >= 15 is 0 Å². The molecule has 3 N–H and O–H groups in total. The first-order chi connectivity index (χ1) is 7.15. The van der Waals surface area contributed by atoms with Gasteiger partial charge in [-0.1, -0.05) is 0 Å². The predicted molar refractivity (Wildman–Crippen MR) is 48.2 cm³/mol. The van der Waals surface area contributed by atoms with Gasteiger partial charge in [-0.2, -0.15) is 8.78 Å². The summed E-state index contributed by atoms with van der Waals surface area (Å²) in [4.78, 5) is 12.9. The van der Waals surface area contributed by atoms with Crippen molar-refractivity contribution in [3.8, 4) is 0 Å². The van der Waals surface area contributed by atoms with Gasteiger partial charge in [-0.05, 0) is 26.2 Å². The van der Waals surface area contributed by atoms with Crippen molar-refractivity contribution in [1.29, 1.82) is 0 Å². The van der Waals surface area contributed by atoms with Crippen LogP contribution in [0.3, 0.4) is 0 Å². The minimum absolute atomic E-state index is 0.390. The molecule has 1 atom stereocenters. The molecule has 1 rings (SSSR count). The first kappa shape index (κ1) is 13.2. The number of carbonyl (C=O) groups is 1. The topological polar surface area (TPSA) is 72.5 Å². The molecule has 1 unspecified atom stereocenters. The molecule has 1 aliphatic carbocycles. The Kier molecular flexibility index (Phi) is 3.22. The number of aliphatic hydroxyl groups is 1. The van der Waals surface area contributed by atoms with Crippen molar-refractivity contribution in [3.05, 3.63) is 0 Å². The Morgan fingerprint density at radius 1 is 1.56 bits per heavy atom. The van der Waals surface area contributed by atoms with Gasteiger partial charge in [0.25, 0.3) is 0 Å². The zero-order chi connectivity index (χ0) is 12.6. The van der Waals surface area contributed by atoms with Crippen LogP contribution in [-0.2, 0) is 9.74 Å². The summed E-state index contributed by atoms with van der Waals surface area (Å²) < 4.78 is 37.6. The van der Waals surface area contributed by atoms with E-state index < -0.39 is 29.5 Å². The molecule has 94 valence electrons. The summed E-state index contributed by atoms with van der Waals surface area (Å²) >= 11 is 0. The maximum Gasteiger partial charge on any atom is 0.417 e. The van der Waals surface area contributed by atoms with Gasteiger partial charge >= 0.3 is 11.9 Å². The van der Waals surface area contributed by atoms with Gasteiger partial charge in [0.15, 0.2) is 0 Å². The number of rotatable bonds is 4. The summed E-state index contributed by atoms with van der Waals surface area (Å²) in [6.45, 7) is 1.12. The minimum Gasteiger partial charge on any atom is -0.388 e. The molecule has 0 aliphatic heterocycles. The van der Waals surface area contributed by atoms with Gasteiger partial charge < -0.3 is 10.8 Å². The van der Waals surface area contributed by atoms with Crippen molar-refractivity contribution < 1.29 is 28.1 Å². The molecule has 0 radical (unpaired) electrons. The molecule has 1 saturated carbocycles. The standard InChI is InChI=1S/C9H14F3NO3/c1-7(15,8(13)3-2-4-8)5-9(10,11)6(14)16-12/h15H,2-5,13H2,1H3. The fourth-order valence-electron chi connectivity index (χ4n) is 1.83. The van der Waals surface area contributed by atoms with Crippen molar-refractivity contribution in [3.63, 3.8) is 0 Å². The van der Waals surface area contributed by atoms with Gasteiger partial charge in [0.2, 0.25) is 0 Å². The second-order valence-electron chi connectivity index (χ2n) is 4.53. The normalized spacial score (nSPS) is 23.1. The van der Waals surface area contributed by atoms with Crippen molar-refractivity contribution in [1.82, 2.24) is 0 Å². The van der Waals surface area contributed by atoms with Crippen LogP contribution in [-0.4, -0.2) is 28.1 Å². The predicted octanol–water partition coefficient (Wildman–Crippen LogP) is 1.07. The third-order valence-corrected chi connectivity index (χ3v) is 3.25. The van der Waals surface area contributed by atoms with Gasteiger partial charge in [-0.25, -0.2) is 9.74 Å². The number of nitrogens with two attached hydrogens (primary N) is 1. The Morgan fingerprint density at radius 3 is 2.38 bits per heavy atom. The van der Waals surface area contributed by atoms with E-state index in [0.717, 1.165) is 13.3 Å². The average molecular weight is 241 g/mol. The van der Waals surface area contributed by atoms with Crippen LogP contribution in [0.5, 0.6) is 0 Å². The Labute approximate surface area is 90.5 Å². The molecule has 0 aromatic rings. The van der Waals surface area contributed by atoms with Crippen LogP contribution in [0, 0.1) is 0 Å². The highest BCUT2D eigenvalue weighted by molar-refractivity contribution is 5.77. The van der Waals surface area contributed by atoms with Gasteiger partial charge in [0.1, 0.15) is 0 Å². The summed E-state index contributed by atoms with van der Waals surface area (Å²) in [5.41, 5.74) is 2.61. The first-order valence-electron chi connectivity index (χ1n) is 4.87. The van der Waals surface area contributed by atoms with E-state index in [0.29, 0.717) is 12.8 Å². The summed E-state index contributed by atoms with van der Waals surface area (Å²) in [6.07, 6.45) is 0.256. The van der Waals surface area contributed by atoms with Crippen LogP contribution in [0.15, 0.2) is 0 Å². The zero-order valence-electron chi connectivity index (χ0n) is 8.80. The van der Waals surface area contributed by atoms with E-state index in [1.54, 1.807) is 0 Å². The average Bonchev–Trinajstić information content (AvgIpc) is 2.10. The van der Waals surface area contributed by atoms with Crippen LogP contribution < -0.4 is 5.73 Å². The maximum absolute atomic E-state index is 13.1. The Morgan fingerprint density at radius 2 is 2.06 bits per heavy atom. The number of halogens is 3.